The summed E-state index contributed by atoms with van der Waals surface area (Å²) in [5.74, 6) is -0.144. The summed E-state index contributed by atoms with van der Waals surface area (Å²) in [6.45, 7) is 1.88. The number of rotatable bonds is 5. The van der Waals surface area contributed by atoms with Crippen LogP contribution in [0.25, 0.3) is 0 Å². The van der Waals surface area contributed by atoms with Crippen LogP contribution in [0, 0.1) is 11.7 Å². The lowest BCUT2D eigenvalue weighted by atomic mass is 9.94. The SMILES string of the molecule is OC(O)C1CCN(C2CCc3cc(CCc4cccc(F)c4)ccc32)CC1. The van der Waals surface area contributed by atoms with Gasteiger partial charge in [0, 0.05) is 12.0 Å². The zero-order valence-electron chi connectivity index (χ0n) is 15.6. The molecule has 2 aromatic rings. The fraction of sp³-hybridized carbons (Fsp3) is 0.478. The van der Waals surface area contributed by atoms with E-state index in [1.807, 2.05) is 6.07 Å². The molecule has 4 heteroatoms. The van der Waals surface area contributed by atoms with Crippen molar-refractivity contribution < 1.29 is 14.6 Å². The zero-order valence-corrected chi connectivity index (χ0v) is 15.6. The number of aliphatic hydroxyl groups excluding tert-OH is 1. The van der Waals surface area contributed by atoms with Crippen LogP contribution in [-0.4, -0.2) is 34.5 Å². The van der Waals surface area contributed by atoms with Gasteiger partial charge < -0.3 is 10.2 Å². The van der Waals surface area contributed by atoms with Crippen LogP contribution in [0.4, 0.5) is 4.39 Å². The first kappa shape index (κ1) is 18.6. The molecule has 2 aliphatic rings. The number of piperidine rings is 1. The van der Waals surface area contributed by atoms with Crippen molar-refractivity contribution in [2.45, 2.75) is 50.9 Å². The summed E-state index contributed by atoms with van der Waals surface area (Å²) in [5.41, 5.74) is 5.25. The largest absolute Gasteiger partial charge is 0.368 e. The van der Waals surface area contributed by atoms with Gasteiger partial charge in [-0.25, -0.2) is 4.39 Å². The third-order valence-electron chi connectivity index (χ3n) is 6.28. The number of likely N-dealkylation sites (tertiary alicyclic amines) is 1. The van der Waals surface area contributed by atoms with E-state index in [-0.39, 0.29) is 11.7 Å². The molecular weight excluding hydrogens is 341 g/mol. The van der Waals surface area contributed by atoms with Gasteiger partial charge in [0.25, 0.3) is 0 Å². The van der Waals surface area contributed by atoms with Crippen LogP contribution in [0.1, 0.15) is 47.6 Å². The summed E-state index contributed by atoms with van der Waals surface area (Å²) in [5, 5.41) is 18.8. The zero-order chi connectivity index (χ0) is 18.8. The lowest BCUT2D eigenvalue weighted by molar-refractivity contribution is -0.100. The molecule has 144 valence electrons. The number of hydrogen-bond donors (Lipinski definition) is 2. The van der Waals surface area contributed by atoms with Crippen molar-refractivity contribution in [3.05, 3.63) is 70.5 Å². The predicted octanol–water partition coefficient (Wildman–Crippen LogP) is 3.62. The number of aryl methyl sites for hydroxylation is 3. The normalized spacial score (nSPS) is 21.0. The Hall–Kier alpha value is -1.75. The Bertz CT molecular complexity index is 784. The average Bonchev–Trinajstić information content (AvgIpc) is 3.10. The van der Waals surface area contributed by atoms with Gasteiger partial charge in [-0.3, -0.25) is 4.90 Å². The highest BCUT2D eigenvalue weighted by Crippen LogP contribution is 2.38. The molecule has 2 N–H and O–H groups in total. The topological polar surface area (TPSA) is 43.7 Å². The lowest BCUT2D eigenvalue weighted by Crippen LogP contribution is -2.39. The van der Waals surface area contributed by atoms with Crippen molar-refractivity contribution in [3.63, 3.8) is 0 Å². The van der Waals surface area contributed by atoms with E-state index in [2.05, 4.69) is 23.1 Å². The first-order chi connectivity index (χ1) is 13.1. The number of aliphatic hydroxyl groups is 2. The molecule has 1 unspecified atom stereocenters. The second-order valence-corrected chi connectivity index (χ2v) is 8.00. The van der Waals surface area contributed by atoms with Gasteiger partial charge in [0.15, 0.2) is 6.29 Å². The highest BCUT2D eigenvalue weighted by molar-refractivity contribution is 5.38. The fourth-order valence-corrected chi connectivity index (χ4v) is 4.69. The average molecular weight is 369 g/mol. The minimum atomic E-state index is -1.18. The Kier molecular flexibility index (Phi) is 5.58. The predicted molar refractivity (Wildman–Crippen MR) is 104 cm³/mol. The van der Waals surface area contributed by atoms with Gasteiger partial charge in [-0.1, -0.05) is 30.3 Å². The van der Waals surface area contributed by atoms with Crippen molar-refractivity contribution in [1.82, 2.24) is 4.90 Å². The van der Waals surface area contributed by atoms with Gasteiger partial charge in [0.05, 0.1) is 0 Å². The van der Waals surface area contributed by atoms with Gasteiger partial charge >= 0.3 is 0 Å². The summed E-state index contributed by atoms with van der Waals surface area (Å²) in [4.78, 5) is 2.51. The van der Waals surface area contributed by atoms with Crippen LogP contribution in [-0.2, 0) is 19.3 Å². The Morgan fingerprint density at radius 1 is 0.963 bits per heavy atom. The van der Waals surface area contributed by atoms with E-state index in [1.165, 1.54) is 22.8 Å². The van der Waals surface area contributed by atoms with E-state index in [9.17, 15) is 14.6 Å². The van der Waals surface area contributed by atoms with Crippen LogP contribution >= 0.6 is 0 Å². The summed E-state index contributed by atoms with van der Waals surface area (Å²) in [6.07, 6.45) is 4.58. The van der Waals surface area contributed by atoms with E-state index in [0.29, 0.717) is 6.04 Å². The highest BCUT2D eigenvalue weighted by atomic mass is 19.1. The quantitative estimate of drug-likeness (QED) is 0.791. The Balaban J connectivity index is 1.39. The fourth-order valence-electron chi connectivity index (χ4n) is 4.69. The molecule has 0 amide bonds. The van der Waals surface area contributed by atoms with E-state index in [1.54, 1.807) is 12.1 Å². The molecule has 1 aliphatic carbocycles. The van der Waals surface area contributed by atoms with E-state index in [4.69, 9.17) is 0 Å². The molecular formula is C23H28FNO2. The van der Waals surface area contributed by atoms with Crippen LogP contribution in [0.15, 0.2) is 42.5 Å². The third kappa shape index (κ3) is 4.23. The number of halogens is 1. The number of nitrogens with zero attached hydrogens (tertiary/aromatic N) is 1. The summed E-state index contributed by atoms with van der Waals surface area (Å²) in [7, 11) is 0. The summed E-state index contributed by atoms with van der Waals surface area (Å²) < 4.78 is 13.3. The first-order valence-corrected chi connectivity index (χ1v) is 10.1. The molecule has 27 heavy (non-hydrogen) atoms. The second-order valence-electron chi connectivity index (χ2n) is 8.00. The number of fused-ring (bicyclic) bond motifs is 1. The van der Waals surface area contributed by atoms with Crippen molar-refractivity contribution in [2.24, 2.45) is 5.92 Å². The molecule has 0 bridgehead atoms. The van der Waals surface area contributed by atoms with Crippen LogP contribution in [0.3, 0.4) is 0 Å². The van der Waals surface area contributed by atoms with Gasteiger partial charge in [-0.05, 0) is 86.0 Å². The van der Waals surface area contributed by atoms with Crippen molar-refractivity contribution in [2.75, 3.05) is 13.1 Å². The number of hydrogen-bond acceptors (Lipinski definition) is 3. The lowest BCUT2D eigenvalue weighted by Gasteiger charge is -2.36. The Labute approximate surface area is 160 Å². The molecule has 0 spiro atoms. The monoisotopic (exact) mass is 369 g/mol. The van der Waals surface area contributed by atoms with Crippen molar-refractivity contribution in [3.8, 4) is 0 Å². The second kappa shape index (κ2) is 8.09. The van der Waals surface area contributed by atoms with Gasteiger partial charge in [-0.2, -0.15) is 0 Å². The highest BCUT2D eigenvalue weighted by Gasteiger charge is 2.32. The maximum Gasteiger partial charge on any atom is 0.154 e. The Morgan fingerprint density at radius 2 is 1.70 bits per heavy atom. The maximum absolute atomic E-state index is 13.3. The summed E-state index contributed by atoms with van der Waals surface area (Å²) >= 11 is 0. The third-order valence-corrected chi connectivity index (χ3v) is 6.28. The van der Waals surface area contributed by atoms with Crippen LogP contribution in [0.5, 0.6) is 0 Å². The van der Waals surface area contributed by atoms with Crippen molar-refractivity contribution >= 4 is 0 Å². The van der Waals surface area contributed by atoms with Crippen LogP contribution < -0.4 is 0 Å². The molecule has 1 aliphatic heterocycles. The smallest absolute Gasteiger partial charge is 0.154 e. The maximum atomic E-state index is 13.3. The molecule has 1 fully saturated rings. The minimum absolute atomic E-state index is 0.0207. The van der Waals surface area contributed by atoms with Crippen molar-refractivity contribution in [1.29, 1.82) is 0 Å². The van der Waals surface area contributed by atoms with Gasteiger partial charge in [-0.15, -0.1) is 0 Å². The standard InChI is InChI=1S/C23H28FNO2/c24-20-3-1-2-16(15-20)4-5-17-6-8-21-19(14-17)7-9-22(21)25-12-10-18(11-13-25)23(26)27/h1-3,6,8,14-15,18,22-23,26-27H,4-5,7,9-13H2. The number of benzene rings is 2. The minimum Gasteiger partial charge on any atom is -0.368 e. The molecule has 1 heterocycles. The molecule has 0 radical (unpaired) electrons. The molecule has 3 nitrogen and oxygen atoms in total. The molecule has 1 saturated heterocycles. The van der Waals surface area contributed by atoms with Crippen LogP contribution in [0.2, 0.25) is 0 Å². The Morgan fingerprint density at radius 3 is 2.41 bits per heavy atom. The molecule has 0 aromatic heterocycles. The van der Waals surface area contributed by atoms with Gasteiger partial charge in [0.1, 0.15) is 5.82 Å². The van der Waals surface area contributed by atoms with E-state index >= 15 is 0 Å². The molecule has 1 atom stereocenters. The summed E-state index contributed by atoms with van der Waals surface area (Å²) in [6, 6.07) is 14.2. The molecule has 2 aromatic carbocycles. The molecule has 4 rings (SSSR count). The van der Waals surface area contributed by atoms with Gasteiger partial charge in [0.2, 0.25) is 0 Å². The molecule has 0 saturated carbocycles. The van der Waals surface area contributed by atoms with E-state index < -0.39 is 6.29 Å². The first-order valence-electron chi connectivity index (χ1n) is 10.1. The van der Waals surface area contributed by atoms with E-state index in [0.717, 1.165) is 57.2 Å².